The molecule has 2 aromatic heterocycles. The van der Waals surface area contributed by atoms with Crippen molar-refractivity contribution in [3.63, 3.8) is 0 Å². The fraction of sp³-hybridized carbons (Fsp3) is 0.333. The summed E-state index contributed by atoms with van der Waals surface area (Å²) in [7, 11) is 0. The Labute approximate surface area is 112 Å². The second kappa shape index (κ2) is 4.31. The quantitative estimate of drug-likeness (QED) is 0.763. The molecule has 0 amide bonds. The van der Waals surface area contributed by atoms with Crippen LogP contribution < -0.4 is 5.73 Å². The average Bonchev–Trinajstić information content (AvgIpc) is 2.73. The fourth-order valence-electron chi connectivity index (χ4n) is 2.79. The van der Waals surface area contributed by atoms with Crippen molar-refractivity contribution in [1.82, 2.24) is 14.6 Å². The van der Waals surface area contributed by atoms with Crippen LogP contribution in [-0.2, 0) is 6.42 Å². The van der Waals surface area contributed by atoms with Crippen LogP contribution in [0.3, 0.4) is 0 Å². The Morgan fingerprint density at radius 3 is 2.58 bits per heavy atom. The zero-order chi connectivity index (χ0) is 13.6. The largest absolute Gasteiger partial charge is 0.330 e. The van der Waals surface area contributed by atoms with Crippen molar-refractivity contribution >= 4 is 16.6 Å². The third-order valence-electron chi connectivity index (χ3n) is 3.56. The normalized spacial score (nSPS) is 11.6. The monoisotopic (exact) mass is 254 g/mol. The van der Waals surface area contributed by atoms with Crippen LogP contribution in [-0.4, -0.2) is 21.1 Å². The first-order valence-electron chi connectivity index (χ1n) is 6.56. The SMILES string of the molecule is Cc1cc(C)c2c(c1)c(C)cc1nnc(CCN)n12. The van der Waals surface area contributed by atoms with Gasteiger partial charge in [-0.1, -0.05) is 11.6 Å². The van der Waals surface area contributed by atoms with Crippen LogP contribution >= 0.6 is 0 Å². The minimum absolute atomic E-state index is 0.584. The molecular weight excluding hydrogens is 236 g/mol. The molecule has 0 fully saturated rings. The van der Waals surface area contributed by atoms with E-state index in [2.05, 4.69) is 53.6 Å². The van der Waals surface area contributed by atoms with Crippen molar-refractivity contribution in [3.05, 3.63) is 40.7 Å². The van der Waals surface area contributed by atoms with E-state index in [-0.39, 0.29) is 0 Å². The third kappa shape index (κ3) is 1.79. The zero-order valence-electron chi connectivity index (χ0n) is 11.6. The number of benzene rings is 1. The van der Waals surface area contributed by atoms with Gasteiger partial charge in [0.2, 0.25) is 0 Å². The van der Waals surface area contributed by atoms with Crippen LogP contribution in [0.25, 0.3) is 16.6 Å². The lowest BCUT2D eigenvalue weighted by Crippen LogP contribution is -2.07. The minimum Gasteiger partial charge on any atom is -0.330 e. The summed E-state index contributed by atoms with van der Waals surface area (Å²) >= 11 is 0. The highest BCUT2D eigenvalue weighted by Crippen LogP contribution is 2.26. The molecule has 4 heteroatoms. The standard InChI is InChI=1S/C15H18N4/c1-9-6-11(3)15-12(7-9)10(2)8-14-18-17-13(4-5-16)19(14)15/h6-8H,4-5,16H2,1-3H3. The van der Waals surface area contributed by atoms with Gasteiger partial charge in [0.05, 0.1) is 5.52 Å². The molecule has 4 nitrogen and oxygen atoms in total. The number of nitrogens with two attached hydrogens (primary N) is 1. The minimum atomic E-state index is 0.584. The van der Waals surface area contributed by atoms with Crippen molar-refractivity contribution in [1.29, 1.82) is 0 Å². The molecule has 0 unspecified atom stereocenters. The first kappa shape index (κ1) is 12.1. The van der Waals surface area contributed by atoms with Crippen molar-refractivity contribution in [2.24, 2.45) is 5.73 Å². The first-order chi connectivity index (χ1) is 9.11. The van der Waals surface area contributed by atoms with E-state index in [0.717, 1.165) is 17.9 Å². The van der Waals surface area contributed by atoms with Crippen molar-refractivity contribution in [2.45, 2.75) is 27.2 Å². The molecule has 0 aliphatic heterocycles. The van der Waals surface area contributed by atoms with Crippen LogP contribution in [0.1, 0.15) is 22.5 Å². The maximum absolute atomic E-state index is 5.67. The molecule has 19 heavy (non-hydrogen) atoms. The number of aromatic nitrogens is 3. The Morgan fingerprint density at radius 2 is 1.84 bits per heavy atom. The smallest absolute Gasteiger partial charge is 0.161 e. The predicted octanol–water partition coefficient (Wildman–Crippen LogP) is 2.31. The molecule has 0 spiro atoms. The van der Waals surface area contributed by atoms with Gasteiger partial charge in [0, 0.05) is 11.8 Å². The van der Waals surface area contributed by atoms with E-state index < -0.39 is 0 Å². The molecule has 0 radical (unpaired) electrons. The number of nitrogens with zero attached hydrogens (tertiary/aromatic N) is 3. The fourth-order valence-corrected chi connectivity index (χ4v) is 2.79. The Bertz CT molecular complexity index is 771. The zero-order valence-corrected chi connectivity index (χ0v) is 11.6. The van der Waals surface area contributed by atoms with Gasteiger partial charge in [-0.05, 0) is 50.6 Å². The predicted molar refractivity (Wildman–Crippen MR) is 77.5 cm³/mol. The molecule has 0 bridgehead atoms. The molecule has 98 valence electrons. The summed E-state index contributed by atoms with van der Waals surface area (Å²) in [6, 6.07) is 6.52. The molecule has 0 saturated carbocycles. The van der Waals surface area contributed by atoms with Gasteiger partial charge < -0.3 is 5.73 Å². The first-order valence-corrected chi connectivity index (χ1v) is 6.56. The maximum Gasteiger partial charge on any atom is 0.161 e. The molecule has 3 aromatic rings. The number of hydrogen-bond donors (Lipinski definition) is 1. The lowest BCUT2D eigenvalue weighted by Gasteiger charge is -2.11. The summed E-state index contributed by atoms with van der Waals surface area (Å²) in [5.74, 6) is 0.939. The van der Waals surface area contributed by atoms with Crippen LogP contribution in [0.5, 0.6) is 0 Å². The van der Waals surface area contributed by atoms with Gasteiger partial charge in [-0.15, -0.1) is 10.2 Å². The highest BCUT2D eigenvalue weighted by Gasteiger charge is 2.12. The van der Waals surface area contributed by atoms with E-state index >= 15 is 0 Å². The van der Waals surface area contributed by atoms with E-state index in [1.165, 1.54) is 27.6 Å². The molecule has 1 aromatic carbocycles. The van der Waals surface area contributed by atoms with Crippen LogP contribution in [0.2, 0.25) is 0 Å². The Kier molecular flexibility index (Phi) is 2.75. The van der Waals surface area contributed by atoms with Gasteiger partial charge >= 0.3 is 0 Å². The summed E-state index contributed by atoms with van der Waals surface area (Å²) < 4.78 is 2.14. The van der Waals surface area contributed by atoms with Gasteiger partial charge in [-0.25, -0.2) is 0 Å². The van der Waals surface area contributed by atoms with E-state index in [1.54, 1.807) is 0 Å². The topological polar surface area (TPSA) is 56.2 Å². The number of aryl methyl sites for hydroxylation is 3. The number of hydrogen-bond acceptors (Lipinski definition) is 3. The van der Waals surface area contributed by atoms with Crippen molar-refractivity contribution < 1.29 is 0 Å². The molecular formula is C15H18N4. The van der Waals surface area contributed by atoms with Crippen LogP contribution in [0.15, 0.2) is 18.2 Å². The molecule has 2 N–H and O–H groups in total. The summed E-state index contributed by atoms with van der Waals surface area (Å²) in [6.45, 7) is 6.98. The summed E-state index contributed by atoms with van der Waals surface area (Å²) in [5, 5.41) is 9.81. The summed E-state index contributed by atoms with van der Waals surface area (Å²) in [4.78, 5) is 0. The maximum atomic E-state index is 5.67. The van der Waals surface area contributed by atoms with Gasteiger partial charge in [0.25, 0.3) is 0 Å². The van der Waals surface area contributed by atoms with Crippen molar-refractivity contribution in [2.75, 3.05) is 6.54 Å². The van der Waals surface area contributed by atoms with E-state index in [9.17, 15) is 0 Å². The second-order valence-electron chi connectivity index (χ2n) is 5.15. The van der Waals surface area contributed by atoms with E-state index in [1.807, 2.05) is 0 Å². The average molecular weight is 254 g/mol. The molecule has 3 rings (SSSR count). The van der Waals surface area contributed by atoms with Crippen molar-refractivity contribution in [3.8, 4) is 0 Å². The van der Waals surface area contributed by atoms with E-state index in [4.69, 9.17) is 5.73 Å². The summed E-state index contributed by atoms with van der Waals surface area (Å²) in [6.07, 6.45) is 0.743. The Hall–Kier alpha value is -1.94. The number of fused-ring (bicyclic) bond motifs is 3. The van der Waals surface area contributed by atoms with Gasteiger partial charge in [0.1, 0.15) is 5.82 Å². The van der Waals surface area contributed by atoms with Crippen LogP contribution in [0, 0.1) is 20.8 Å². The molecule has 2 heterocycles. The third-order valence-corrected chi connectivity index (χ3v) is 3.56. The highest BCUT2D eigenvalue weighted by atomic mass is 15.2. The lowest BCUT2D eigenvalue weighted by atomic mass is 10.0. The second-order valence-corrected chi connectivity index (χ2v) is 5.15. The molecule has 0 aliphatic carbocycles. The Morgan fingerprint density at radius 1 is 1.05 bits per heavy atom. The van der Waals surface area contributed by atoms with Crippen LogP contribution in [0.4, 0.5) is 0 Å². The summed E-state index contributed by atoms with van der Waals surface area (Å²) in [5.41, 5.74) is 11.5. The molecule has 0 atom stereocenters. The molecule has 0 aliphatic rings. The van der Waals surface area contributed by atoms with Gasteiger partial charge in [-0.3, -0.25) is 4.40 Å². The Balaban J connectivity index is 2.52. The van der Waals surface area contributed by atoms with E-state index in [0.29, 0.717) is 6.54 Å². The highest BCUT2D eigenvalue weighted by molar-refractivity contribution is 5.88. The number of rotatable bonds is 2. The lowest BCUT2D eigenvalue weighted by molar-refractivity contribution is 0.856. The van der Waals surface area contributed by atoms with Gasteiger partial charge in [-0.2, -0.15) is 0 Å². The number of pyridine rings is 1. The molecule has 0 saturated heterocycles. The van der Waals surface area contributed by atoms with Gasteiger partial charge in [0.15, 0.2) is 5.65 Å².